The van der Waals surface area contributed by atoms with Crippen molar-refractivity contribution in [3.8, 4) is 17.2 Å². The van der Waals surface area contributed by atoms with Crippen molar-refractivity contribution in [2.24, 2.45) is 0 Å². The van der Waals surface area contributed by atoms with Gasteiger partial charge in [-0.1, -0.05) is 49.2 Å². The Morgan fingerprint density at radius 2 is 1.76 bits per heavy atom. The molecular weight excluding hydrogens is 428 g/mol. The molecule has 3 aromatic carbocycles. The van der Waals surface area contributed by atoms with Gasteiger partial charge >= 0.3 is 0 Å². The van der Waals surface area contributed by atoms with Crippen LogP contribution in [0, 0.1) is 0 Å². The molecule has 0 bridgehead atoms. The van der Waals surface area contributed by atoms with Gasteiger partial charge in [-0.15, -0.1) is 0 Å². The molecule has 0 radical (unpaired) electrons. The SMILES string of the molecule is COc1cc(CC(C(=O)C=CCCCCCC(C)O)c2ccc3ccc(O)cc3c2)ccc1O. The van der Waals surface area contributed by atoms with Gasteiger partial charge in [0, 0.05) is 0 Å². The second-order valence-electron chi connectivity index (χ2n) is 8.85. The van der Waals surface area contributed by atoms with Gasteiger partial charge in [0.1, 0.15) is 5.75 Å². The van der Waals surface area contributed by atoms with Gasteiger partial charge in [-0.05, 0) is 84.8 Å². The van der Waals surface area contributed by atoms with Crippen LogP contribution < -0.4 is 4.74 Å². The molecule has 0 amide bonds. The van der Waals surface area contributed by atoms with E-state index in [9.17, 15) is 20.1 Å². The summed E-state index contributed by atoms with van der Waals surface area (Å²) in [5.74, 6) is 0.222. The number of aromatic hydroxyl groups is 2. The number of aliphatic hydroxyl groups excluding tert-OH is 1. The Kier molecular flexibility index (Phi) is 9.11. The first-order valence-electron chi connectivity index (χ1n) is 11.8. The highest BCUT2D eigenvalue weighted by molar-refractivity contribution is 5.96. The quantitative estimate of drug-likeness (QED) is 0.226. The number of hydrogen-bond donors (Lipinski definition) is 3. The fourth-order valence-electron chi connectivity index (χ4n) is 4.13. The molecule has 0 aromatic heterocycles. The number of phenolic OH excluding ortho intramolecular Hbond substituents is 2. The number of ether oxygens (including phenoxy) is 1. The lowest BCUT2D eigenvalue weighted by atomic mass is 9.87. The van der Waals surface area contributed by atoms with E-state index in [1.165, 1.54) is 7.11 Å². The maximum absolute atomic E-state index is 13.3. The minimum absolute atomic E-state index is 0.00975. The number of hydrogen-bond acceptors (Lipinski definition) is 5. The Labute approximate surface area is 201 Å². The van der Waals surface area contributed by atoms with Gasteiger partial charge < -0.3 is 20.1 Å². The van der Waals surface area contributed by atoms with E-state index in [-0.39, 0.29) is 23.4 Å². The van der Waals surface area contributed by atoms with Crippen molar-refractivity contribution in [1.82, 2.24) is 0 Å². The summed E-state index contributed by atoms with van der Waals surface area (Å²) in [5, 5.41) is 31.0. The molecule has 0 spiro atoms. The Morgan fingerprint density at radius 1 is 0.971 bits per heavy atom. The van der Waals surface area contributed by atoms with Crippen molar-refractivity contribution in [3.63, 3.8) is 0 Å². The number of methoxy groups -OCH3 is 1. The molecule has 3 N–H and O–H groups in total. The van der Waals surface area contributed by atoms with Gasteiger partial charge in [-0.2, -0.15) is 0 Å². The third-order valence-electron chi connectivity index (χ3n) is 6.05. The van der Waals surface area contributed by atoms with E-state index >= 15 is 0 Å². The highest BCUT2D eigenvalue weighted by Gasteiger charge is 2.20. The van der Waals surface area contributed by atoms with E-state index in [0.29, 0.717) is 12.2 Å². The first-order valence-corrected chi connectivity index (χ1v) is 11.8. The number of rotatable bonds is 12. The van der Waals surface area contributed by atoms with Gasteiger partial charge in [-0.3, -0.25) is 4.79 Å². The maximum Gasteiger partial charge on any atom is 0.163 e. The minimum Gasteiger partial charge on any atom is -0.508 e. The largest absolute Gasteiger partial charge is 0.508 e. The van der Waals surface area contributed by atoms with Crippen LogP contribution in [0.3, 0.4) is 0 Å². The zero-order valence-corrected chi connectivity index (χ0v) is 19.9. The lowest BCUT2D eigenvalue weighted by molar-refractivity contribution is -0.116. The standard InChI is InChI=1S/C29H34O5/c1-20(30)8-6-4-3-5-7-9-27(32)26(16-21-10-15-28(33)29(17-21)34-2)23-12-11-22-13-14-25(31)19-24(22)18-23/h7,9-15,17-20,26,30-31,33H,3-6,8,16H2,1-2H3. The second-order valence-corrected chi connectivity index (χ2v) is 8.85. The second kappa shape index (κ2) is 12.2. The van der Waals surface area contributed by atoms with Gasteiger partial charge in [-0.25, -0.2) is 0 Å². The van der Waals surface area contributed by atoms with Crippen LogP contribution in [0.1, 0.15) is 56.1 Å². The number of carbonyl (C=O) groups is 1. The molecule has 0 aliphatic heterocycles. The van der Waals surface area contributed by atoms with E-state index < -0.39 is 5.92 Å². The molecule has 0 fully saturated rings. The van der Waals surface area contributed by atoms with Crippen molar-refractivity contribution >= 4 is 16.6 Å². The monoisotopic (exact) mass is 462 g/mol. The van der Waals surface area contributed by atoms with Gasteiger partial charge in [0.15, 0.2) is 17.3 Å². The van der Waals surface area contributed by atoms with Crippen LogP contribution in [0.15, 0.2) is 66.7 Å². The Bertz CT molecular complexity index is 1130. The third-order valence-corrected chi connectivity index (χ3v) is 6.05. The molecule has 0 aliphatic rings. The number of fused-ring (bicyclic) bond motifs is 1. The summed E-state index contributed by atoms with van der Waals surface area (Å²) in [6, 6.07) is 16.2. The lowest BCUT2D eigenvalue weighted by Gasteiger charge is -2.17. The molecule has 0 saturated carbocycles. The third kappa shape index (κ3) is 7.09. The number of ketones is 1. The first-order chi connectivity index (χ1) is 16.4. The molecule has 0 aliphatic carbocycles. The highest BCUT2D eigenvalue weighted by Crippen LogP contribution is 2.31. The molecular formula is C29H34O5. The van der Waals surface area contributed by atoms with Crippen molar-refractivity contribution in [2.75, 3.05) is 7.11 Å². The maximum atomic E-state index is 13.3. The summed E-state index contributed by atoms with van der Waals surface area (Å²) in [5.41, 5.74) is 1.76. The lowest BCUT2D eigenvalue weighted by Crippen LogP contribution is -2.13. The summed E-state index contributed by atoms with van der Waals surface area (Å²) >= 11 is 0. The van der Waals surface area contributed by atoms with Gasteiger partial charge in [0.05, 0.1) is 19.1 Å². The van der Waals surface area contributed by atoms with Crippen LogP contribution in [0.4, 0.5) is 0 Å². The van der Waals surface area contributed by atoms with Crippen molar-refractivity contribution < 1.29 is 24.9 Å². The van der Waals surface area contributed by atoms with Crippen LogP contribution in [0.2, 0.25) is 0 Å². The summed E-state index contributed by atoms with van der Waals surface area (Å²) in [6.45, 7) is 1.80. The number of allylic oxidation sites excluding steroid dienone is 2. The van der Waals surface area contributed by atoms with Crippen LogP contribution in [0.5, 0.6) is 17.2 Å². The van der Waals surface area contributed by atoms with Crippen LogP contribution in [-0.4, -0.2) is 34.3 Å². The minimum atomic E-state index is -0.410. The Hall–Kier alpha value is -3.31. The van der Waals surface area contributed by atoms with E-state index in [4.69, 9.17) is 4.74 Å². The number of aliphatic hydroxyl groups is 1. The zero-order chi connectivity index (χ0) is 24.5. The highest BCUT2D eigenvalue weighted by atomic mass is 16.5. The average Bonchev–Trinajstić information content (AvgIpc) is 2.82. The molecule has 0 saturated heterocycles. The van der Waals surface area contributed by atoms with E-state index in [2.05, 4.69) is 0 Å². The van der Waals surface area contributed by atoms with Crippen LogP contribution >= 0.6 is 0 Å². The van der Waals surface area contributed by atoms with Gasteiger partial charge in [0.2, 0.25) is 0 Å². The summed E-state index contributed by atoms with van der Waals surface area (Å²) in [6.07, 6.45) is 8.40. The number of unbranched alkanes of at least 4 members (excludes halogenated alkanes) is 3. The fourth-order valence-corrected chi connectivity index (χ4v) is 4.13. The van der Waals surface area contributed by atoms with Crippen molar-refractivity contribution in [1.29, 1.82) is 0 Å². The number of carbonyl (C=O) groups excluding carboxylic acids is 1. The molecule has 2 unspecified atom stereocenters. The summed E-state index contributed by atoms with van der Waals surface area (Å²) in [7, 11) is 1.50. The van der Waals surface area contributed by atoms with E-state index in [0.717, 1.165) is 54.0 Å². The molecule has 180 valence electrons. The molecule has 3 rings (SSSR count). The number of benzene rings is 3. The number of phenols is 2. The van der Waals surface area contributed by atoms with Crippen LogP contribution in [-0.2, 0) is 11.2 Å². The van der Waals surface area contributed by atoms with Crippen molar-refractivity contribution in [3.05, 3.63) is 77.9 Å². The molecule has 3 aromatic rings. The molecule has 34 heavy (non-hydrogen) atoms. The smallest absolute Gasteiger partial charge is 0.163 e. The predicted molar refractivity (Wildman–Crippen MR) is 136 cm³/mol. The van der Waals surface area contributed by atoms with E-state index in [1.54, 1.807) is 43.3 Å². The molecule has 5 nitrogen and oxygen atoms in total. The zero-order valence-electron chi connectivity index (χ0n) is 19.9. The first kappa shape index (κ1) is 25.3. The molecule has 2 atom stereocenters. The van der Waals surface area contributed by atoms with Crippen LogP contribution in [0.25, 0.3) is 10.8 Å². The Morgan fingerprint density at radius 3 is 2.53 bits per heavy atom. The molecule has 5 heteroatoms. The van der Waals surface area contributed by atoms with Gasteiger partial charge in [0.25, 0.3) is 0 Å². The summed E-state index contributed by atoms with van der Waals surface area (Å²) < 4.78 is 5.24. The topological polar surface area (TPSA) is 87.0 Å². The predicted octanol–water partition coefficient (Wildman–Crippen LogP) is 6.04. The fraction of sp³-hybridized carbons (Fsp3) is 0.345. The Balaban J connectivity index is 1.80. The van der Waals surface area contributed by atoms with Crippen molar-refractivity contribution in [2.45, 2.75) is 57.5 Å². The van der Waals surface area contributed by atoms with E-state index in [1.807, 2.05) is 30.3 Å². The summed E-state index contributed by atoms with van der Waals surface area (Å²) in [4.78, 5) is 13.3. The molecule has 0 heterocycles. The normalized spacial score (nSPS) is 13.3. The average molecular weight is 463 g/mol.